The molecule has 3 heteroatoms. The molecule has 0 radical (unpaired) electrons. The van der Waals surface area contributed by atoms with Crippen molar-refractivity contribution in [1.29, 1.82) is 0 Å². The fourth-order valence-electron chi connectivity index (χ4n) is 1.13. The monoisotopic (exact) mass is 146 g/mol. The molecule has 0 bridgehead atoms. The van der Waals surface area contributed by atoms with Crippen LogP contribution in [0.15, 0.2) is 0 Å². The summed E-state index contributed by atoms with van der Waals surface area (Å²) in [6.45, 7) is 5.25. The van der Waals surface area contributed by atoms with Crippen LogP contribution < -0.4 is 0 Å². The number of quaternary nitrogens is 1. The number of morpholine rings is 1. The maximum atomic E-state index is 9.35. The van der Waals surface area contributed by atoms with Gasteiger partial charge in [-0.2, -0.15) is 0 Å². The SMILES string of the molecule is CC(O)[N+]1(C)CCOCC1. The first kappa shape index (κ1) is 7.98. The van der Waals surface area contributed by atoms with Gasteiger partial charge in [-0.05, 0) is 0 Å². The van der Waals surface area contributed by atoms with Gasteiger partial charge in [0.2, 0.25) is 0 Å². The summed E-state index contributed by atoms with van der Waals surface area (Å²) in [5, 5.41) is 9.35. The highest BCUT2D eigenvalue weighted by Gasteiger charge is 2.29. The summed E-state index contributed by atoms with van der Waals surface area (Å²) in [5.74, 6) is 0. The fraction of sp³-hybridized carbons (Fsp3) is 1.00. The molecule has 0 aromatic heterocycles. The van der Waals surface area contributed by atoms with Gasteiger partial charge in [0, 0.05) is 6.92 Å². The summed E-state index contributed by atoms with van der Waals surface area (Å²) in [6.07, 6.45) is -0.260. The Morgan fingerprint density at radius 2 is 1.90 bits per heavy atom. The third-order valence-electron chi connectivity index (χ3n) is 2.40. The van der Waals surface area contributed by atoms with Crippen LogP contribution in [0.25, 0.3) is 0 Å². The number of aliphatic hydroxyl groups is 1. The number of rotatable bonds is 1. The molecule has 0 amide bonds. The predicted molar refractivity (Wildman–Crippen MR) is 38.4 cm³/mol. The summed E-state index contributed by atoms with van der Waals surface area (Å²) in [7, 11) is 2.06. The second-order valence-electron chi connectivity index (χ2n) is 3.17. The van der Waals surface area contributed by atoms with Crippen LogP contribution in [-0.2, 0) is 4.74 Å². The molecule has 1 saturated heterocycles. The molecule has 0 spiro atoms. The Bertz CT molecular complexity index is 108. The summed E-state index contributed by atoms with van der Waals surface area (Å²) in [6, 6.07) is 0. The normalized spacial score (nSPS) is 27.9. The first-order valence-electron chi connectivity index (χ1n) is 3.75. The smallest absolute Gasteiger partial charge is 0.187 e. The van der Waals surface area contributed by atoms with E-state index < -0.39 is 0 Å². The van der Waals surface area contributed by atoms with E-state index in [9.17, 15) is 5.11 Å². The van der Waals surface area contributed by atoms with Gasteiger partial charge in [0.05, 0.1) is 20.3 Å². The van der Waals surface area contributed by atoms with Crippen LogP contribution >= 0.6 is 0 Å². The summed E-state index contributed by atoms with van der Waals surface area (Å²) in [4.78, 5) is 0. The highest BCUT2D eigenvalue weighted by Crippen LogP contribution is 2.10. The van der Waals surface area contributed by atoms with Crippen molar-refractivity contribution in [3.8, 4) is 0 Å². The Labute approximate surface area is 61.8 Å². The predicted octanol–water partition coefficient (Wildman–Crippen LogP) is -0.199. The minimum absolute atomic E-state index is 0.260. The van der Waals surface area contributed by atoms with Gasteiger partial charge in [0.25, 0.3) is 0 Å². The van der Waals surface area contributed by atoms with Gasteiger partial charge in [0.15, 0.2) is 6.23 Å². The topological polar surface area (TPSA) is 29.5 Å². The molecule has 1 fully saturated rings. The number of ether oxygens (including phenoxy) is 1. The number of nitrogens with zero attached hydrogens (tertiary/aromatic N) is 1. The molecule has 1 atom stereocenters. The molecule has 0 aromatic rings. The molecule has 1 aliphatic heterocycles. The van der Waals surface area contributed by atoms with Crippen LogP contribution in [0.5, 0.6) is 0 Å². The van der Waals surface area contributed by atoms with Crippen molar-refractivity contribution in [2.45, 2.75) is 13.2 Å². The van der Waals surface area contributed by atoms with Gasteiger partial charge in [-0.1, -0.05) is 0 Å². The van der Waals surface area contributed by atoms with Crippen LogP contribution in [0.3, 0.4) is 0 Å². The lowest BCUT2D eigenvalue weighted by molar-refractivity contribution is -0.958. The van der Waals surface area contributed by atoms with E-state index in [2.05, 4.69) is 7.05 Å². The summed E-state index contributed by atoms with van der Waals surface area (Å²) < 4.78 is 5.92. The molecule has 1 N–H and O–H groups in total. The zero-order valence-corrected chi connectivity index (χ0v) is 6.71. The van der Waals surface area contributed by atoms with E-state index in [-0.39, 0.29) is 6.23 Å². The third kappa shape index (κ3) is 1.48. The molecule has 0 aromatic carbocycles. The third-order valence-corrected chi connectivity index (χ3v) is 2.40. The molecule has 0 saturated carbocycles. The second kappa shape index (κ2) is 2.86. The minimum Gasteiger partial charge on any atom is -0.370 e. The maximum absolute atomic E-state index is 9.35. The molecular formula is C7H16NO2+. The molecule has 1 rings (SSSR count). The molecule has 1 aliphatic rings. The van der Waals surface area contributed by atoms with Crippen LogP contribution in [0.1, 0.15) is 6.92 Å². The zero-order valence-electron chi connectivity index (χ0n) is 6.71. The molecule has 3 nitrogen and oxygen atoms in total. The lowest BCUT2D eigenvalue weighted by Gasteiger charge is -2.39. The Hall–Kier alpha value is -0.120. The Balaban J connectivity index is 2.48. The van der Waals surface area contributed by atoms with Crippen molar-refractivity contribution in [2.75, 3.05) is 33.4 Å². The van der Waals surface area contributed by atoms with Crippen molar-refractivity contribution >= 4 is 0 Å². The Kier molecular flexibility index (Phi) is 2.28. The quantitative estimate of drug-likeness (QED) is 0.519. The first-order valence-corrected chi connectivity index (χ1v) is 3.75. The van der Waals surface area contributed by atoms with Crippen LogP contribution in [-0.4, -0.2) is 49.2 Å². The second-order valence-corrected chi connectivity index (χ2v) is 3.17. The average molecular weight is 146 g/mol. The van der Waals surface area contributed by atoms with Gasteiger partial charge in [-0.25, -0.2) is 0 Å². The first-order chi connectivity index (χ1) is 4.65. The van der Waals surface area contributed by atoms with Gasteiger partial charge < -0.3 is 9.84 Å². The lowest BCUT2D eigenvalue weighted by Crippen LogP contribution is -2.57. The highest BCUT2D eigenvalue weighted by molar-refractivity contribution is 4.46. The zero-order chi connectivity index (χ0) is 7.61. The van der Waals surface area contributed by atoms with Gasteiger partial charge >= 0.3 is 0 Å². The Morgan fingerprint density at radius 3 is 2.20 bits per heavy atom. The minimum atomic E-state index is -0.260. The summed E-state index contributed by atoms with van der Waals surface area (Å²) >= 11 is 0. The van der Waals surface area contributed by atoms with E-state index in [0.717, 1.165) is 30.8 Å². The average Bonchev–Trinajstić information content (AvgIpc) is 1.89. The van der Waals surface area contributed by atoms with Gasteiger partial charge in [-0.3, -0.25) is 4.48 Å². The van der Waals surface area contributed by atoms with Gasteiger partial charge in [-0.15, -0.1) is 0 Å². The molecule has 0 aliphatic carbocycles. The standard InChI is InChI=1S/C7H16NO2/c1-7(9)8(2)3-5-10-6-4-8/h7,9H,3-6H2,1-2H3/q+1. The van der Waals surface area contributed by atoms with E-state index in [1.54, 1.807) is 0 Å². The maximum Gasteiger partial charge on any atom is 0.187 e. The van der Waals surface area contributed by atoms with Crippen LogP contribution in [0, 0.1) is 0 Å². The number of hydrogen-bond donors (Lipinski definition) is 1. The summed E-state index contributed by atoms with van der Waals surface area (Å²) in [5.41, 5.74) is 0. The number of aliphatic hydroxyl groups excluding tert-OH is 1. The lowest BCUT2D eigenvalue weighted by atomic mass is 10.3. The molecule has 60 valence electrons. The van der Waals surface area contributed by atoms with E-state index >= 15 is 0 Å². The van der Waals surface area contributed by atoms with E-state index in [4.69, 9.17) is 4.74 Å². The van der Waals surface area contributed by atoms with E-state index in [1.165, 1.54) is 0 Å². The highest BCUT2D eigenvalue weighted by atomic mass is 16.5. The van der Waals surface area contributed by atoms with Crippen LogP contribution in [0.4, 0.5) is 0 Å². The van der Waals surface area contributed by atoms with Crippen molar-refractivity contribution in [2.24, 2.45) is 0 Å². The molecule has 10 heavy (non-hydrogen) atoms. The molecule has 1 heterocycles. The van der Waals surface area contributed by atoms with Crippen molar-refractivity contribution in [3.05, 3.63) is 0 Å². The fourth-order valence-corrected chi connectivity index (χ4v) is 1.13. The number of likely N-dealkylation sites (N-methyl/N-ethyl adjacent to an activating group) is 1. The van der Waals surface area contributed by atoms with Crippen molar-refractivity contribution < 1.29 is 14.3 Å². The molecule has 1 unspecified atom stereocenters. The largest absolute Gasteiger partial charge is 0.370 e. The van der Waals surface area contributed by atoms with Gasteiger partial charge in [0.1, 0.15) is 13.1 Å². The van der Waals surface area contributed by atoms with Crippen molar-refractivity contribution in [1.82, 2.24) is 0 Å². The Morgan fingerprint density at radius 1 is 1.40 bits per heavy atom. The molecular weight excluding hydrogens is 130 g/mol. The number of hydrogen-bond acceptors (Lipinski definition) is 2. The van der Waals surface area contributed by atoms with Crippen molar-refractivity contribution in [3.63, 3.8) is 0 Å². The van der Waals surface area contributed by atoms with Crippen LogP contribution in [0.2, 0.25) is 0 Å². The van der Waals surface area contributed by atoms with E-state index in [0.29, 0.717) is 0 Å². The van der Waals surface area contributed by atoms with E-state index in [1.807, 2.05) is 6.92 Å².